The van der Waals surface area contributed by atoms with Gasteiger partial charge in [0.15, 0.2) is 11.5 Å². The summed E-state index contributed by atoms with van der Waals surface area (Å²) >= 11 is 0. The van der Waals surface area contributed by atoms with Gasteiger partial charge in [-0.1, -0.05) is 0 Å². The Bertz CT molecular complexity index is 444. The van der Waals surface area contributed by atoms with Crippen molar-refractivity contribution >= 4 is 5.78 Å². The molecular weight excluding hydrogens is 248 g/mol. The first kappa shape index (κ1) is 13.7. The Morgan fingerprint density at radius 2 is 2.32 bits per heavy atom. The Balaban J connectivity index is 2.01. The standard InChI is InChI=1S/C13H18N2O4/c1-17-11-8-14-12(13(15-11)18-2)10(16)6-5-9-4-3-7-19-9/h8-9H,3-7H2,1-2H3. The lowest BCUT2D eigenvalue weighted by atomic mass is 10.1. The number of nitrogens with zero attached hydrogens (tertiary/aromatic N) is 2. The van der Waals surface area contributed by atoms with E-state index < -0.39 is 0 Å². The summed E-state index contributed by atoms with van der Waals surface area (Å²) in [6.07, 6.45) is 4.82. The molecule has 0 aromatic carbocycles. The Kier molecular flexibility index (Phi) is 4.68. The number of carbonyl (C=O) groups excluding carboxylic acids is 1. The predicted octanol–water partition coefficient (Wildman–Crippen LogP) is 1.64. The molecule has 1 aliphatic rings. The minimum absolute atomic E-state index is 0.0810. The van der Waals surface area contributed by atoms with Crippen LogP contribution in [-0.4, -0.2) is 42.7 Å². The maximum Gasteiger partial charge on any atom is 0.246 e. The lowest BCUT2D eigenvalue weighted by Crippen LogP contribution is -2.12. The van der Waals surface area contributed by atoms with Crippen molar-refractivity contribution in [2.45, 2.75) is 31.8 Å². The average Bonchev–Trinajstić information content (AvgIpc) is 2.97. The van der Waals surface area contributed by atoms with Crippen molar-refractivity contribution in [1.82, 2.24) is 9.97 Å². The molecule has 0 spiro atoms. The van der Waals surface area contributed by atoms with Crippen molar-refractivity contribution in [3.05, 3.63) is 11.9 Å². The molecule has 1 atom stereocenters. The number of aromatic nitrogens is 2. The zero-order valence-corrected chi connectivity index (χ0v) is 11.2. The molecule has 0 bridgehead atoms. The number of ether oxygens (including phenoxy) is 3. The number of Topliss-reactive ketones (excluding diaryl/α,β-unsaturated/α-hetero) is 1. The van der Waals surface area contributed by atoms with Crippen molar-refractivity contribution in [1.29, 1.82) is 0 Å². The second kappa shape index (κ2) is 6.47. The van der Waals surface area contributed by atoms with Crippen LogP contribution in [0.1, 0.15) is 36.2 Å². The first-order valence-corrected chi connectivity index (χ1v) is 6.34. The lowest BCUT2D eigenvalue weighted by Gasteiger charge is -2.09. The molecule has 2 rings (SSSR count). The molecule has 1 saturated heterocycles. The second-order valence-electron chi connectivity index (χ2n) is 4.37. The van der Waals surface area contributed by atoms with Gasteiger partial charge in [0, 0.05) is 13.0 Å². The predicted molar refractivity (Wildman–Crippen MR) is 67.7 cm³/mol. The zero-order chi connectivity index (χ0) is 13.7. The first-order valence-electron chi connectivity index (χ1n) is 6.34. The Morgan fingerprint density at radius 1 is 1.47 bits per heavy atom. The summed E-state index contributed by atoms with van der Waals surface area (Å²) in [7, 11) is 2.95. The molecule has 19 heavy (non-hydrogen) atoms. The molecule has 1 fully saturated rings. The van der Waals surface area contributed by atoms with E-state index in [1.54, 1.807) is 0 Å². The maximum atomic E-state index is 12.1. The minimum Gasteiger partial charge on any atom is -0.480 e. The molecule has 0 radical (unpaired) electrons. The van der Waals surface area contributed by atoms with Crippen LogP contribution >= 0.6 is 0 Å². The molecule has 0 saturated carbocycles. The summed E-state index contributed by atoms with van der Waals surface area (Å²) in [4.78, 5) is 20.2. The van der Waals surface area contributed by atoms with E-state index in [4.69, 9.17) is 14.2 Å². The van der Waals surface area contributed by atoms with Gasteiger partial charge in [-0.3, -0.25) is 4.79 Å². The number of hydrogen-bond acceptors (Lipinski definition) is 6. The van der Waals surface area contributed by atoms with Gasteiger partial charge in [0.2, 0.25) is 11.8 Å². The van der Waals surface area contributed by atoms with E-state index in [2.05, 4.69) is 9.97 Å². The van der Waals surface area contributed by atoms with Gasteiger partial charge in [-0.2, -0.15) is 4.98 Å². The van der Waals surface area contributed by atoms with Gasteiger partial charge in [-0.05, 0) is 19.3 Å². The smallest absolute Gasteiger partial charge is 0.246 e. The minimum atomic E-state index is -0.0810. The molecule has 1 aliphatic heterocycles. The normalized spacial score (nSPS) is 18.3. The highest BCUT2D eigenvalue weighted by Crippen LogP contribution is 2.21. The van der Waals surface area contributed by atoms with Crippen LogP contribution in [0.4, 0.5) is 0 Å². The molecule has 1 aromatic heterocycles. The van der Waals surface area contributed by atoms with Crippen LogP contribution in [0, 0.1) is 0 Å². The van der Waals surface area contributed by atoms with E-state index in [1.807, 2.05) is 0 Å². The highest BCUT2D eigenvalue weighted by atomic mass is 16.5. The van der Waals surface area contributed by atoms with Crippen molar-refractivity contribution in [3.63, 3.8) is 0 Å². The van der Waals surface area contributed by atoms with Crippen LogP contribution in [-0.2, 0) is 4.74 Å². The summed E-state index contributed by atoms with van der Waals surface area (Å²) in [6, 6.07) is 0. The molecule has 1 unspecified atom stereocenters. The van der Waals surface area contributed by atoms with Crippen LogP contribution in [0.2, 0.25) is 0 Å². The molecular formula is C13H18N2O4. The molecule has 6 nitrogen and oxygen atoms in total. The largest absolute Gasteiger partial charge is 0.480 e. The summed E-state index contributed by atoms with van der Waals surface area (Å²) < 4.78 is 15.5. The quantitative estimate of drug-likeness (QED) is 0.729. The number of rotatable bonds is 6. The highest BCUT2D eigenvalue weighted by Gasteiger charge is 2.20. The third kappa shape index (κ3) is 3.41. The highest BCUT2D eigenvalue weighted by molar-refractivity contribution is 5.96. The van der Waals surface area contributed by atoms with Gasteiger partial charge in [-0.25, -0.2) is 4.98 Å². The van der Waals surface area contributed by atoms with Crippen LogP contribution in [0.25, 0.3) is 0 Å². The topological polar surface area (TPSA) is 70.5 Å². The third-order valence-corrected chi connectivity index (χ3v) is 3.10. The monoisotopic (exact) mass is 266 g/mol. The van der Waals surface area contributed by atoms with E-state index in [0.29, 0.717) is 12.3 Å². The van der Waals surface area contributed by atoms with Crippen molar-refractivity contribution in [3.8, 4) is 11.8 Å². The lowest BCUT2D eigenvalue weighted by molar-refractivity contribution is 0.0853. The summed E-state index contributed by atoms with van der Waals surface area (Å²) in [5.41, 5.74) is 0.251. The summed E-state index contributed by atoms with van der Waals surface area (Å²) in [5.74, 6) is 0.451. The van der Waals surface area contributed by atoms with Gasteiger partial charge in [0.1, 0.15) is 0 Å². The van der Waals surface area contributed by atoms with E-state index >= 15 is 0 Å². The third-order valence-electron chi connectivity index (χ3n) is 3.10. The Morgan fingerprint density at radius 3 is 2.95 bits per heavy atom. The fourth-order valence-corrected chi connectivity index (χ4v) is 2.07. The molecule has 1 aromatic rings. The van der Waals surface area contributed by atoms with Gasteiger partial charge in [-0.15, -0.1) is 0 Å². The average molecular weight is 266 g/mol. The van der Waals surface area contributed by atoms with E-state index in [9.17, 15) is 4.79 Å². The SMILES string of the molecule is COc1cnc(C(=O)CCC2CCCO2)c(OC)n1. The van der Waals surface area contributed by atoms with Crippen LogP contribution in [0.3, 0.4) is 0 Å². The van der Waals surface area contributed by atoms with Crippen molar-refractivity contribution < 1.29 is 19.0 Å². The van der Waals surface area contributed by atoms with E-state index in [0.717, 1.165) is 25.9 Å². The van der Waals surface area contributed by atoms with Crippen LogP contribution in [0.15, 0.2) is 6.20 Å². The molecule has 0 aliphatic carbocycles. The van der Waals surface area contributed by atoms with Crippen molar-refractivity contribution in [2.75, 3.05) is 20.8 Å². The molecule has 104 valence electrons. The van der Waals surface area contributed by atoms with E-state index in [1.165, 1.54) is 20.4 Å². The van der Waals surface area contributed by atoms with E-state index in [-0.39, 0.29) is 23.5 Å². The fourth-order valence-electron chi connectivity index (χ4n) is 2.07. The fraction of sp³-hybridized carbons (Fsp3) is 0.615. The van der Waals surface area contributed by atoms with Gasteiger partial charge >= 0.3 is 0 Å². The number of carbonyl (C=O) groups is 1. The molecule has 6 heteroatoms. The summed E-state index contributed by atoms with van der Waals surface area (Å²) in [5, 5.41) is 0. The second-order valence-corrected chi connectivity index (χ2v) is 4.37. The van der Waals surface area contributed by atoms with Gasteiger partial charge < -0.3 is 14.2 Å². The number of hydrogen-bond donors (Lipinski definition) is 0. The van der Waals surface area contributed by atoms with Gasteiger partial charge in [0.25, 0.3) is 0 Å². The van der Waals surface area contributed by atoms with Gasteiger partial charge in [0.05, 0.1) is 26.5 Å². The van der Waals surface area contributed by atoms with Crippen LogP contribution in [0.5, 0.6) is 11.8 Å². The van der Waals surface area contributed by atoms with Crippen LogP contribution < -0.4 is 9.47 Å². The Hall–Kier alpha value is -1.69. The maximum absolute atomic E-state index is 12.1. The summed E-state index contributed by atoms with van der Waals surface area (Å²) in [6.45, 7) is 0.796. The van der Waals surface area contributed by atoms with Crippen molar-refractivity contribution in [2.24, 2.45) is 0 Å². The first-order chi connectivity index (χ1) is 9.24. The molecule has 0 amide bonds. The number of ketones is 1. The zero-order valence-electron chi connectivity index (χ0n) is 11.2. The molecule has 2 heterocycles. The molecule has 0 N–H and O–H groups in total. The number of methoxy groups -OCH3 is 2. The Labute approximate surface area is 112 Å².